The molecule has 7 heteroatoms. The van der Waals surface area contributed by atoms with Crippen molar-refractivity contribution in [2.45, 2.75) is 25.5 Å². The van der Waals surface area contributed by atoms with Gasteiger partial charge >= 0.3 is 0 Å². The van der Waals surface area contributed by atoms with Gasteiger partial charge in [0.05, 0.1) is 21.7 Å². The first kappa shape index (κ1) is 15.8. The zero-order valence-electron chi connectivity index (χ0n) is 12.7. The maximum atomic E-state index is 10.8. The van der Waals surface area contributed by atoms with Crippen molar-refractivity contribution >= 4 is 23.0 Å². The molecule has 0 radical (unpaired) electrons. The number of anilines is 1. The summed E-state index contributed by atoms with van der Waals surface area (Å²) in [5, 5.41) is 11.2. The number of nitro groups is 1. The van der Waals surface area contributed by atoms with E-state index < -0.39 is 4.92 Å². The molecule has 0 N–H and O–H groups in total. The Morgan fingerprint density at radius 1 is 1.43 bits per heavy atom. The number of halogens is 1. The molecule has 1 unspecified atom stereocenters. The van der Waals surface area contributed by atoms with Crippen molar-refractivity contribution in [1.29, 1.82) is 0 Å². The van der Waals surface area contributed by atoms with E-state index in [4.69, 9.17) is 20.8 Å². The van der Waals surface area contributed by atoms with E-state index in [-0.39, 0.29) is 11.7 Å². The predicted octanol–water partition coefficient (Wildman–Crippen LogP) is 4.33. The summed E-state index contributed by atoms with van der Waals surface area (Å²) in [7, 11) is 1.63. The van der Waals surface area contributed by atoms with Gasteiger partial charge in [0.25, 0.3) is 5.69 Å². The molecule has 2 aromatic rings. The Morgan fingerprint density at radius 3 is 2.96 bits per heavy atom. The van der Waals surface area contributed by atoms with Gasteiger partial charge in [-0.25, -0.2) is 0 Å². The predicted molar refractivity (Wildman–Crippen MR) is 86.8 cm³/mol. The lowest BCUT2D eigenvalue weighted by atomic mass is 10.1. The minimum Gasteiger partial charge on any atom is -0.461 e. The molecule has 1 saturated heterocycles. The summed E-state index contributed by atoms with van der Waals surface area (Å²) >= 11 is 6.26. The van der Waals surface area contributed by atoms with Crippen LogP contribution in [0, 0.1) is 10.1 Å². The lowest BCUT2D eigenvalue weighted by molar-refractivity contribution is -0.384. The second kappa shape index (κ2) is 6.60. The quantitative estimate of drug-likeness (QED) is 0.600. The van der Waals surface area contributed by atoms with E-state index in [1.165, 1.54) is 12.1 Å². The van der Waals surface area contributed by atoms with Crippen LogP contribution in [0.2, 0.25) is 5.02 Å². The Labute approximate surface area is 138 Å². The van der Waals surface area contributed by atoms with Gasteiger partial charge in [0.1, 0.15) is 18.1 Å². The summed E-state index contributed by atoms with van der Waals surface area (Å²) in [4.78, 5) is 12.5. The highest BCUT2D eigenvalue weighted by atomic mass is 35.5. The number of ether oxygens (including phenoxy) is 1. The first-order chi connectivity index (χ1) is 11.1. The molecule has 1 aromatic carbocycles. The van der Waals surface area contributed by atoms with Crippen molar-refractivity contribution in [3.8, 4) is 0 Å². The molecule has 3 rings (SSSR count). The van der Waals surface area contributed by atoms with Gasteiger partial charge in [0, 0.05) is 25.8 Å². The molecule has 6 nitrogen and oxygen atoms in total. The fraction of sp³-hybridized carbons (Fsp3) is 0.375. The fourth-order valence-corrected chi connectivity index (χ4v) is 3.27. The zero-order valence-corrected chi connectivity index (χ0v) is 13.5. The standard InChI is InChI=1S/C16H17ClN2O4/c1-22-10-12-5-7-16(23-12)15-3-2-8-18(15)14-6-4-11(19(20)21)9-13(14)17/h4-7,9,15H,2-3,8,10H2,1H3. The van der Waals surface area contributed by atoms with Crippen LogP contribution >= 0.6 is 11.6 Å². The third-order valence-corrected chi connectivity index (χ3v) is 4.30. The van der Waals surface area contributed by atoms with Crippen molar-refractivity contribution in [3.05, 3.63) is 57.0 Å². The van der Waals surface area contributed by atoms with Crippen molar-refractivity contribution in [1.82, 2.24) is 0 Å². The highest BCUT2D eigenvalue weighted by Gasteiger charge is 2.30. The van der Waals surface area contributed by atoms with Crippen LogP contribution < -0.4 is 4.90 Å². The van der Waals surface area contributed by atoms with E-state index >= 15 is 0 Å². The Bertz CT molecular complexity index is 716. The molecule has 1 aromatic heterocycles. The van der Waals surface area contributed by atoms with Crippen LogP contribution in [0.3, 0.4) is 0 Å². The van der Waals surface area contributed by atoms with E-state index in [0.717, 1.165) is 36.6 Å². The summed E-state index contributed by atoms with van der Waals surface area (Å²) < 4.78 is 10.9. The highest BCUT2D eigenvalue weighted by molar-refractivity contribution is 6.33. The van der Waals surface area contributed by atoms with Crippen LogP contribution in [-0.2, 0) is 11.3 Å². The summed E-state index contributed by atoms with van der Waals surface area (Å²) in [6, 6.07) is 8.53. The third-order valence-electron chi connectivity index (χ3n) is 4.00. The number of nitrogens with zero attached hydrogens (tertiary/aromatic N) is 2. The van der Waals surface area contributed by atoms with Gasteiger partial charge in [0.2, 0.25) is 0 Å². The van der Waals surface area contributed by atoms with Gasteiger partial charge in [-0.1, -0.05) is 11.6 Å². The Hall–Kier alpha value is -2.05. The number of methoxy groups -OCH3 is 1. The average Bonchev–Trinajstić information content (AvgIpc) is 3.16. The Morgan fingerprint density at radius 2 is 2.26 bits per heavy atom. The second-order valence-electron chi connectivity index (χ2n) is 5.48. The minimum absolute atomic E-state index is 0.00474. The molecule has 2 heterocycles. The van der Waals surface area contributed by atoms with E-state index in [1.54, 1.807) is 13.2 Å². The smallest absolute Gasteiger partial charge is 0.271 e. The van der Waals surface area contributed by atoms with E-state index in [2.05, 4.69) is 4.90 Å². The van der Waals surface area contributed by atoms with Gasteiger partial charge in [-0.05, 0) is 31.0 Å². The summed E-state index contributed by atoms with van der Waals surface area (Å²) in [5.74, 6) is 1.65. The highest BCUT2D eigenvalue weighted by Crippen LogP contribution is 2.40. The minimum atomic E-state index is -0.444. The largest absolute Gasteiger partial charge is 0.461 e. The number of benzene rings is 1. The molecular weight excluding hydrogens is 320 g/mol. The third kappa shape index (κ3) is 3.18. The van der Waals surface area contributed by atoms with Crippen molar-refractivity contribution in [3.63, 3.8) is 0 Å². The lowest BCUT2D eigenvalue weighted by Gasteiger charge is -2.26. The molecule has 0 bridgehead atoms. The maximum Gasteiger partial charge on any atom is 0.271 e. The van der Waals surface area contributed by atoms with Crippen LogP contribution in [-0.4, -0.2) is 18.6 Å². The van der Waals surface area contributed by atoms with Crippen molar-refractivity contribution in [2.24, 2.45) is 0 Å². The van der Waals surface area contributed by atoms with E-state index in [0.29, 0.717) is 11.6 Å². The zero-order chi connectivity index (χ0) is 16.4. The molecule has 0 aliphatic carbocycles. The van der Waals surface area contributed by atoms with Gasteiger partial charge < -0.3 is 14.1 Å². The maximum absolute atomic E-state index is 10.8. The van der Waals surface area contributed by atoms with Crippen LogP contribution in [0.15, 0.2) is 34.7 Å². The van der Waals surface area contributed by atoms with Crippen LogP contribution in [0.25, 0.3) is 0 Å². The summed E-state index contributed by atoms with van der Waals surface area (Å²) in [6.07, 6.45) is 1.96. The molecule has 0 spiro atoms. The normalized spacial score (nSPS) is 17.7. The first-order valence-corrected chi connectivity index (χ1v) is 7.76. The molecule has 0 amide bonds. The monoisotopic (exact) mass is 336 g/mol. The van der Waals surface area contributed by atoms with Gasteiger partial charge in [0.15, 0.2) is 0 Å². The molecule has 122 valence electrons. The van der Waals surface area contributed by atoms with E-state index in [1.807, 2.05) is 12.1 Å². The van der Waals surface area contributed by atoms with Crippen LogP contribution in [0.5, 0.6) is 0 Å². The molecular formula is C16H17ClN2O4. The van der Waals surface area contributed by atoms with Crippen LogP contribution in [0.1, 0.15) is 30.4 Å². The SMILES string of the molecule is COCc1ccc(C2CCCN2c2ccc([N+](=O)[O-])cc2Cl)o1. The average molecular weight is 337 g/mol. The molecule has 0 saturated carbocycles. The lowest BCUT2D eigenvalue weighted by Crippen LogP contribution is -2.22. The number of non-ortho nitro benzene ring substituents is 1. The number of hydrogen-bond donors (Lipinski definition) is 0. The summed E-state index contributed by atoms with van der Waals surface area (Å²) in [5.41, 5.74) is 0.791. The van der Waals surface area contributed by atoms with Crippen molar-refractivity contribution in [2.75, 3.05) is 18.6 Å². The van der Waals surface area contributed by atoms with Gasteiger partial charge in [-0.2, -0.15) is 0 Å². The number of hydrogen-bond acceptors (Lipinski definition) is 5. The first-order valence-electron chi connectivity index (χ1n) is 7.38. The number of rotatable bonds is 5. The summed E-state index contributed by atoms with van der Waals surface area (Å²) in [6.45, 7) is 1.27. The van der Waals surface area contributed by atoms with Crippen LogP contribution in [0.4, 0.5) is 11.4 Å². The van der Waals surface area contributed by atoms with Crippen molar-refractivity contribution < 1.29 is 14.1 Å². The molecule has 1 aliphatic heterocycles. The Balaban J connectivity index is 1.87. The molecule has 1 fully saturated rings. The van der Waals surface area contributed by atoms with E-state index in [9.17, 15) is 10.1 Å². The number of furan rings is 1. The topological polar surface area (TPSA) is 68.8 Å². The fourth-order valence-electron chi connectivity index (χ4n) is 2.99. The van der Waals surface area contributed by atoms with Gasteiger partial charge in [-0.3, -0.25) is 10.1 Å². The number of nitro benzene ring substituents is 1. The molecule has 1 aliphatic rings. The molecule has 1 atom stereocenters. The molecule has 23 heavy (non-hydrogen) atoms. The second-order valence-corrected chi connectivity index (χ2v) is 5.89. The van der Waals surface area contributed by atoms with Gasteiger partial charge in [-0.15, -0.1) is 0 Å². The Kier molecular flexibility index (Phi) is 4.54.